The van der Waals surface area contributed by atoms with Gasteiger partial charge in [-0.2, -0.15) is 0 Å². The molecular weight excluding hydrogens is 304 g/mol. The molecule has 0 spiro atoms. The Morgan fingerprint density at radius 3 is 2.62 bits per heavy atom. The van der Waals surface area contributed by atoms with Gasteiger partial charge >= 0.3 is 5.69 Å². The van der Waals surface area contributed by atoms with Crippen LogP contribution in [0.15, 0.2) is 53.5 Å². The van der Waals surface area contributed by atoms with Gasteiger partial charge in [-0.05, 0) is 24.3 Å². The van der Waals surface area contributed by atoms with Crippen molar-refractivity contribution < 1.29 is 4.79 Å². The molecule has 0 saturated heterocycles. The average Bonchev–Trinajstić information content (AvgIpc) is 2.85. The molecule has 0 aliphatic carbocycles. The largest absolute Gasteiger partial charge is 0.356 e. The lowest BCUT2D eigenvalue weighted by Crippen LogP contribution is -2.29. The molecule has 3 rings (SSSR count). The molecule has 0 bridgehead atoms. The van der Waals surface area contributed by atoms with Crippen LogP contribution in [0.2, 0.25) is 0 Å². The quantitative estimate of drug-likeness (QED) is 0.747. The summed E-state index contributed by atoms with van der Waals surface area (Å²) < 4.78 is 3.25. The van der Waals surface area contributed by atoms with Gasteiger partial charge in [0.15, 0.2) is 0 Å². The summed E-state index contributed by atoms with van der Waals surface area (Å²) in [6.07, 6.45) is 2.71. The van der Waals surface area contributed by atoms with E-state index >= 15 is 0 Å². The number of fused-ring (bicyclic) bond motifs is 1. The molecule has 0 saturated carbocycles. The number of nitrogens with one attached hydrogen (secondary N) is 1. The van der Waals surface area contributed by atoms with Gasteiger partial charge in [0.05, 0.1) is 11.0 Å². The number of carbonyl (C=O) groups excluding carboxylic acids is 1. The van der Waals surface area contributed by atoms with Crippen LogP contribution in [0.3, 0.4) is 0 Å². The fraction of sp³-hybridized carbons (Fsp3) is 0.278. The van der Waals surface area contributed by atoms with Crippen LogP contribution in [0, 0.1) is 0 Å². The van der Waals surface area contributed by atoms with Crippen molar-refractivity contribution in [2.75, 3.05) is 6.54 Å². The van der Waals surface area contributed by atoms with Crippen LogP contribution in [0.5, 0.6) is 0 Å². The van der Waals surface area contributed by atoms with E-state index in [2.05, 4.69) is 10.3 Å². The summed E-state index contributed by atoms with van der Waals surface area (Å²) in [7, 11) is 1.74. The molecule has 2 aromatic heterocycles. The highest BCUT2D eigenvalue weighted by Gasteiger charge is 2.11. The van der Waals surface area contributed by atoms with Crippen molar-refractivity contribution in [3.63, 3.8) is 0 Å². The molecule has 0 fully saturated rings. The summed E-state index contributed by atoms with van der Waals surface area (Å²) in [5, 5.41) is 2.87. The number of nitrogens with zero attached hydrogens (tertiary/aromatic N) is 3. The maximum Gasteiger partial charge on any atom is 0.328 e. The lowest BCUT2D eigenvalue weighted by atomic mass is 10.2. The van der Waals surface area contributed by atoms with E-state index in [0.717, 1.165) is 16.7 Å². The number of imidazole rings is 1. The van der Waals surface area contributed by atoms with E-state index in [1.807, 2.05) is 42.5 Å². The summed E-state index contributed by atoms with van der Waals surface area (Å²) in [5.41, 5.74) is 2.57. The first-order valence-electron chi connectivity index (χ1n) is 7.97. The Morgan fingerprint density at radius 1 is 1.12 bits per heavy atom. The van der Waals surface area contributed by atoms with Crippen molar-refractivity contribution >= 4 is 16.9 Å². The molecule has 6 nitrogen and oxygen atoms in total. The van der Waals surface area contributed by atoms with Gasteiger partial charge in [0.25, 0.3) is 0 Å². The lowest BCUT2D eigenvalue weighted by molar-refractivity contribution is -0.121. The van der Waals surface area contributed by atoms with Crippen molar-refractivity contribution in [2.45, 2.75) is 19.4 Å². The third kappa shape index (κ3) is 3.37. The minimum absolute atomic E-state index is 0.0641. The fourth-order valence-electron chi connectivity index (χ4n) is 2.76. The number of carbonyl (C=O) groups is 1. The monoisotopic (exact) mass is 324 g/mol. The summed E-state index contributed by atoms with van der Waals surface area (Å²) in [6.45, 7) is 0.913. The van der Waals surface area contributed by atoms with Crippen LogP contribution in [-0.2, 0) is 24.8 Å². The van der Waals surface area contributed by atoms with Crippen molar-refractivity contribution in [3.8, 4) is 0 Å². The molecule has 1 N–H and O–H groups in total. The Kier molecular flexibility index (Phi) is 4.74. The van der Waals surface area contributed by atoms with E-state index in [0.29, 0.717) is 19.5 Å². The Labute approximate surface area is 139 Å². The highest BCUT2D eigenvalue weighted by molar-refractivity contribution is 5.77. The van der Waals surface area contributed by atoms with Crippen LogP contribution in [0.4, 0.5) is 0 Å². The van der Waals surface area contributed by atoms with Gasteiger partial charge in [-0.15, -0.1) is 0 Å². The topological polar surface area (TPSA) is 68.9 Å². The Balaban J connectivity index is 1.57. The first-order valence-corrected chi connectivity index (χ1v) is 7.97. The zero-order valence-electron chi connectivity index (χ0n) is 13.6. The first-order chi connectivity index (χ1) is 11.7. The average molecular weight is 324 g/mol. The third-order valence-corrected chi connectivity index (χ3v) is 4.04. The van der Waals surface area contributed by atoms with Crippen LogP contribution in [0.25, 0.3) is 11.0 Å². The van der Waals surface area contributed by atoms with E-state index < -0.39 is 0 Å². The lowest BCUT2D eigenvalue weighted by Gasteiger charge is -2.06. The summed E-state index contributed by atoms with van der Waals surface area (Å²) in [4.78, 5) is 28.5. The van der Waals surface area contributed by atoms with Crippen molar-refractivity contribution in [1.82, 2.24) is 19.4 Å². The number of hydrogen-bond donors (Lipinski definition) is 1. The second-order valence-corrected chi connectivity index (χ2v) is 5.65. The predicted molar refractivity (Wildman–Crippen MR) is 92.7 cm³/mol. The molecule has 24 heavy (non-hydrogen) atoms. The number of aromatic nitrogens is 3. The molecule has 1 amide bonds. The van der Waals surface area contributed by atoms with Crippen molar-refractivity contribution in [3.05, 3.63) is 64.8 Å². The van der Waals surface area contributed by atoms with Crippen LogP contribution in [-0.4, -0.2) is 26.6 Å². The smallest absolute Gasteiger partial charge is 0.328 e. The Hall–Kier alpha value is -2.89. The molecule has 2 heterocycles. The number of hydrogen-bond acceptors (Lipinski definition) is 3. The maximum atomic E-state index is 12.3. The molecular formula is C18H20N4O2. The van der Waals surface area contributed by atoms with Gasteiger partial charge in [-0.25, -0.2) is 4.79 Å². The SMILES string of the molecule is Cn1c(=O)n(CCC(=O)NCCc2ccccn2)c2ccccc21. The third-order valence-electron chi connectivity index (χ3n) is 4.04. The zero-order chi connectivity index (χ0) is 16.9. The molecule has 124 valence electrons. The van der Waals surface area contributed by atoms with E-state index in [-0.39, 0.29) is 18.0 Å². The summed E-state index contributed by atoms with van der Waals surface area (Å²) in [5.74, 6) is -0.0641. The highest BCUT2D eigenvalue weighted by atomic mass is 16.2. The van der Waals surface area contributed by atoms with Crippen LogP contribution >= 0.6 is 0 Å². The summed E-state index contributed by atoms with van der Waals surface area (Å²) in [6, 6.07) is 13.3. The van der Waals surface area contributed by atoms with Gasteiger partial charge in [0.1, 0.15) is 0 Å². The highest BCUT2D eigenvalue weighted by Crippen LogP contribution is 2.11. The summed E-state index contributed by atoms with van der Waals surface area (Å²) >= 11 is 0. The second-order valence-electron chi connectivity index (χ2n) is 5.65. The number of aryl methyl sites for hydroxylation is 2. The van der Waals surface area contributed by atoms with Gasteiger partial charge < -0.3 is 5.32 Å². The first kappa shape index (κ1) is 16.0. The number of pyridine rings is 1. The molecule has 0 radical (unpaired) electrons. The zero-order valence-corrected chi connectivity index (χ0v) is 13.6. The minimum atomic E-state index is -0.0996. The number of amides is 1. The maximum absolute atomic E-state index is 12.3. The molecule has 0 atom stereocenters. The van der Waals surface area contributed by atoms with Gasteiger partial charge in [0, 0.05) is 44.9 Å². The van der Waals surface area contributed by atoms with Crippen molar-refractivity contribution in [2.24, 2.45) is 7.05 Å². The molecule has 0 unspecified atom stereocenters. The van der Waals surface area contributed by atoms with E-state index in [4.69, 9.17) is 0 Å². The molecule has 1 aromatic carbocycles. The second kappa shape index (κ2) is 7.12. The fourth-order valence-corrected chi connectivity index (χ4v) is 2.76. The van der Waals surface area contributed by atoms with Gasteiger partial charge in [0.2, 0.25) is 5.91 Å². The standard InChI is InChI=1S/C18H20N4O2/c1-21-15-7-2-3-8-16(15)22(18(21)24)13-10-17(23)20-12-9-14-6-4-5-11-19-14/h2-8,11H,9-10,12-13H2,1H3,(H,20,23). The molecule has 0 aliphatic rings. The molecule has 6 heteroatoms. The normalized spacial score (nSPS) is 10.9. The molecule has 3 aromatic rings. The van der Waals surface area contributed by atoms with E-state index in [9.17, 15) is 9.59 Å². The number of para-hydroxylation sites is 2. The number of benzene rings is 1. The van der Waals surface area contributed by atoms with E-state index in [1.54, 1.807) is 22.4 Å². The molecule has 0 aliphatic heterocycles. The van der Waals surface area contributed by atoms with Crippen LogP contribution < -0.4 is 11.0 Å². The van der Waals surface area contributed by atoms with Crippen LogP contribution in [0.1, 0.15) is 12.1 Å². The number of rotatable bonds is 6. The van der Waals surface area contributed by atoms with Gasteiger partial charge in [-0.1, -0.05) is 18.2 Å². The minimum Gasteiger partial charge on any atom is -0.356 e. The Morgan fingerprint density at radius 2 is 1.88 bits per heavy atom. The predicted octanol–water partition coefficient (Wildman–Crippen LogP) is 1.48. The van der Waals surface area contributed by atoms with Gasteiger partial charge in [-0.3, -0.25) is 18.9 Å². The Bertz CT molecular complexity index is 896. The van der Waals surface area contributed by atoms with E-state index in [1.165, 1.54) is 0 Å². The van der Waals surface area contributed by atoms with Crippen molar-refractivity contribution in [1.29, 1.82) is 0 Å².